The van der Waals surface area contributed by atoms with E-state index in [9.17, 15) is 4.79 Å². The van der Waals surface area contributed by atoms with Crippen molar-refractivity contribution >= 4 is 11.9 Å². The number of aliphatic imine (C=N–C) groups is 1. The first-order valence-electron chi connectivity index (χ1n) is 9.03. The topological polar surface area (TPSA) is 79.1 Å². The van der Waals surface area contributed by atoms with Crippen molar-refractivity contribution in [3.05, 3.63) is 24.2 Å². The molecule has 0 bridgehead atoms. The SMILES string of the molecule is CCNC(=NCC(C)C(=O)OC)NCC(c1ccco1)N1CCCC1. The van der Waals surface area contributed by atoms with Crippen LogP contribution < -0.4 is 10.6 Å². The molecule has 2 rings (SSSR count). The molecule has 1 aliphatic heterocycles. The van der Waals surface area contributed by atoms with Gasteiger partial charge >= 0.3 is 5.97 Å². The molecule has 2 N–H and O–H groups in total. The van der Waals surface area contributed by atoms with E-state index in [1.807, 2.05) is 26.0 Å². The molecule has 140 valence electrons. The monoisotopic (exact) mass is 350 g/mol. The molecule has 0 saturated carbocycles. The standard InChI is InChI=1S/C18H30N4O3/c1-4-19-18(20-12-14(2)17(23)24-3)21-13-15(16-8-7-11-25-16)22-9-5-6-10-22/h7-8,11,14-15H,4-6,9-10,12-13H2,1-3H3,(H2,19,20,21). The maximum absolute atomic E-state index is 11.5. The fraction of sp³-hybridized carbons (Fsp3) is 0.667. The van der Waals surface area contributed by atoms with Gasteiger partial charge in [0.15, 0.2) is 5.96 Å². The lowest BCUT2D eigenvalue weighted by molar-refractivity contribution is -0.144. The predicted octanol–water partition coefficient (Wildman–Crippen LogP) is 1.78. The van der Waals surface area contributed by atoms with Crippen LogP contribution in [0.25, 0.3) is 0 Å². The molecule has 0 radical (unpaired) electrons. The minimum absolute atomic E-state index is 0.180. The Morgan fingerprint density at radius 2 is 2.16 bits per heavy atom. The van der Waals surface area contributed by atoms with Gasteiger partial charge in [0, 0.05) is 13.1 Å². The number of hydrogen-bond acceptors (Lipinski definition) is 5. The van der Waals surface area contributed by atoms with Gasteiger partial charge < -0.3 is 19.8 Å². The zero-order valence-electron chi connectivity index (χ0n) is 15.5. The Bertz CT molecular complexity index is 539. The number of furan rings is 1. The zero-order valence-corrected chi connectivity index (χ0v) is 15.5. The molecular formula is C18H30N4O3. The number of methoxy groups -OCH3 is 1. The molecule has 2 heterocycles. The number of rotatable bonds is 8. The average molecular weight is 350 g/mol. The van der Waals surface area contributed by atoms with E-state index in [2.05, 4.69) is 20.5 Å². The van der Waals surface area contributed by atoms with Gasteiger partial charge in [0.2, 0.25) is 0 Å². The first-order chi connectivity index (χ1) is 12.2. The molecule has 7 nitrogen and oxygen atoms in total. The zero-order chi connectivity index (χ0) is 18.1. The maximum atomic E-state index is 11.5. The summed E-state index contributed by atoms with van der Waals surface area (Å²) in [6, 6.07) is 4.13. The number of nitrogens with one attached hydrogen (secondary N) is 2. The highest BCUT2D eigenvalue weighted by atomic mass is 16.5. The minimum Gasteiger partial charge on any atom is -0.469 e. The smallest absolute Gasteiger partial charge is 0.310 e. The summed E-state index contributed by atoms with van der Waals surface area (Å²) in [6.07, 6.45) is 4.17. The molecule has 2 unspecified atom stereocenters. The molecule has 25 heavy (non-hydrogen) atoms. The number of esters is 1. The number of carbonyl (C=O) groups is 1. The van der Waals surface area contributed by atoms with Crippen LogP contribution in [0.4, 0.5) is 0 Å². The van der Waals surface area contributed by atoms with E-state index in [4.69, 9.17) is 9.15 Å². The van der Waals surface area contributed by atoms with E-state index in [0.29, 0.717) is 19.0 Å². The van der Waals surface area contributed by atoms with E-state index in [0.717, 1.165) is 25.4 Å². The summed E-state index contributed by atoms with van der Waals surface area (Å²) in [5, 5.41) is 6.61. The Morgan fingerprint density at radius 1 is 1.40 bits per heavy atom. The van der Waals surface area contributed by atoms with Crippen molar-refractivity contribution in [3.63, 3.8) is 0 Å². The van der Waals surface area contributed by atoms with Gasteiger partial charge in [-0.1, -0.05) is 6.92 Å². The Kier molecular flexibility index (Phi) is 7.78. The van der Waals surface area contributed by atoms with Gasteiger partial charge in [-0.25, -0.2) is 0 Å². The second kappa shape index (κ2) is 10.1. The van der Waals surface area contributed by atoms with Gasteiger partial charge in [0.1, 0.15) is 5.76 Å². The van der Waals surface area contributed by atoms with E-state index in [-0.39, 0.29) is 17.9 Å². The normalized spacial score (nSPS) is 18.0. The lowest BCUT2D eigenvalue weighted by Crippen LogP contribution is -2.43. The number of nitrogens with zero attached hydrogens (tertiary/aromatic N) is 2. The first kappa shape index (κ1) is 19.3. The number of guanidine groups is 1. The second-order valence-corrected chi connectivity index (χ2v) is 6.30. The van der Waals surface area contributed by atoms with Gasteiger partial charge in [-0.2, -0.15) is 0 Å². The van der Waals surface area contributed by atoms with Crippen LogP contribution in [-0.2, 0) is 9.53 Å². The minimum atomic E-state index is -0.264. The predicted molar refractivity (Wildman–Crippen MR) is 97.4 cm³/mol. The second-order valence-electron chi connectivity index (χ2n) is 6.30. The highest BCUT2D eigenvalue weighted by Crippen LogP contribution is 2.24. The summed E-state index contributed by atoms with van der Waals surface area (Å²) in [7, 11) is 1.40. The average Bonchev–Trinajstić information content (AvgIpc) is 3.33. The van der Waals surface area contributed by atoms with Crippen molar-refractivity contribution in [2.24, 2.45) is 10.9 Å². The Morgan fingerprint density at radius 3 is 2.76 bits per heavy atom. The molecule has 1 aromatic rings. The summed E-state index contributed by atoms with van der Waals surface area (Å²) in [4.78, 5) is 18.5. The molecule has 2 atom stereocenters. The van der Waals surface area contributed by atoms with Gasteiger partial charge in [-0.3, -0.25) is 14.7 Å². The first-order valence-corrected chi connectivity index (χ1v) is 9.03. The quantitative estimate of drug-likeness (QED) is 0.423. The molecule has 0 aromatic carbocycles. The highest BCUT2D eigenvalue weighted by molar-refractivity contribution is 5.80. The third-order valence-corrected chi connectivity index (χ3v) is 4.39. The molecule has 0 spiro atoms. The van der Waals surface area contributed by atoms with Crippen LogP contribution in [0, 0.1) is 5.92 Å². The molecule has 1 aliphatic rings. The lowest BCUT2D eigenvalue weighted by atomic mass is 10.2. The van der Waals surface area contributed by atoms with Gasteiger partial charge in [-0.15, -0.1) is 0 Å². The van der Waals surface area contributed by atoms with E-state index >= 15 is 0 Å². The summed E-state index contributed by atoms with van der Waals surface area (Å²) in [5.74, 6) is 1.16. The fourth-order valence-electron chi connectivity index (χ4n) is 2.98. The number of carbonyl (C=O) groups excluding carboxylic acids is 1. The Balaban J connectivity index is 1.98. The fourth-order valence-corrected chi connectivity index (χ4v) is 2.98. The Labute approximate surface area is 149 Å². The maximum Gasteiger partial charge on any atom is 0.310 e. The Hall–Kier alpha value is -2.02. The van der Waals surface area contributed by atoms with Crippen LogP contribution in [0.1, 0.15) is 38.5 Å². The van der Waals surface area contributed by atoms with Crippen LogP contribution >= 0.6 is 0 Å². The lowest BCUT2D eigenvalue weighted by Gasteiger charge is -2.26. The summed E-state index contributed by atoms with van der Waals surface area (Å²) in [6.45, 7) is 7.84. The third kappa shape index (κ3) is 5.77. The van der Waals surface area contributed by atoms with Crippen LogP contribution in [-0.4, -0.2) is 56.7 Å². The van der Waals surface area contributed by atoms with Crippen LogP contribution in [0.2, 0.25) is 0 Å². The van der Waals surface area contributed by atoms with Crippen molar-refractivity contribution in [1.29, 1.82) is 0 Å². The van der Waals surface area contributed by atoms with Crippen LogP contribution in [0.3, 0.4) is 0 Å². The molecule has 1 fully saturated rings. The van der Waals surface area contributed by atoms with Gasteiger partial charge in [0.25, 0.3) is 0 Å². The molecule has 1 aromatic heterocycles. The van der Waals surface area contributed by atoms with Crippen LogP contribution in [0.15, 0.2) is 27.8 Å². The molecular weight excluding hydrogens is 320 g/mol. The van der Waals surface area contributed by atoms with E-state index < -0.39 is 0 Å². The number of ether oxygens (including phenoxy) is 1. The van der Waals surface area contributed by atoms with Crippen molar-refractivity contribution < 1.29 is 13.9 Å². The van der Waals surface area contributed by atoms with Gasteiger partial charge in [-0.05, 0) is 45.0 Å². The van der Waals surface area contributed by atoms with E-state index in [1.54, 1.807) is 6.26 Å². The van der Waals surface area contributed by atoms with Crippen molar-refractivity contribution in [2.75, 3.05) is 39.8 Å². The summed E-state index contributed by atoms with van der Waals surface area (Å²) < 4.78 is 10.4. The van der Waals surface area contributed by atoms with Crippen LogP contribution in [0.5, 0.6) is 0 Å². The molecule has 0 aliphatic carbocycles. The molecule has 1 saturated heterocycles. The largest absolute Gasteiger partial charge is 0.469 e. The van der Waals surface area contributed by atoms with E-state index in [1.165, 1.54) is 20.0 Å². The highest BCUT2D eigenvalue weighted by Gasteiger charge is 2.25. The summed E-state index contributed by atoms with van der Waals surface area (Å²) in [5.41, 5.74) is 0. The molecule has 0 amide bonds. The van der Waals surface area contributed by atoms with Crippen molar-refractivity contribution in [2.45, 2.75) is 32.7 Å². The summed E-state index contributed by atoms with van der Waals surface area (Å²) >= 11 is 0. The van der Waals surface area contributed by atoms with Gasteiger partial charge in [0.05, 0.1) is 31.9 Å². The third-order valence-electron chi connectivity index (χ3n) is 4.39. The van der Waals surface area contributed by atoms with Crippen molar-refractivity contribution in [3.8, 4) is 0 Å². The number of hydrogen-bond donors (Lipinski definition) is 2. The number of likely N-dealkylation sites (tertiary alicyclic amines) is 1. The molecule has 7 heteroatoms. The van der Waals surface area contributed by atoms with Crippen molar-refractivity contribution in [1.82, 2.24) is 15.5 Å².